The van der Waals surface area contributed by atoms with Crippen LogP contribution < -0.4 is 4.74 Å². The van der Waals surface area contributed by atoms with Crippen LogP contribution in [0, 0.1) is 11.8 Å². The maximum absolute atomic E-state index is 11.9. The summed E-state index contributed by atoms with van der Waals surface area (Å²) in [4.78, 5) is 3.88. The maximum atomic E-state index is 11.9. The number of halogens is 3. The Hall–Kier alpha value is -1.74. The van der Waals surface area contributed by atoms with Gasteiger partial charge in [-0.05, 0) is 12.5 Å². The fourth-order valence-electron chi connectivity index (χ4n) is 1.25. The Morgan fingerprint density at radius 1 is 1.32 bits per heavy atom. The van der Waals surface area contributed by atoms with E-state index in [0.29, 0.717) is 17.7 Å². The molecule has 6 heteroatoms. The van der Waals surface area contributed by atoms with E-state index < -0.39 is 12.6 Å². The molecular formula is C13H14F3NO2. The Morgan fingerprint density at radius 3 is 2.79 bits per heavy atom. The lowest BCUT2D eigenvalue weighted by atomic mass is 10.2. The first-order valence-electron chi connectivity index (χ1n) is 5.75. The van der Waals surface area contributed by atoms with Crippen LogP contribution in [0.2, 0.25) is 0 Å². The summed E-state index contributed by atoms with van der Waals surface area (Å²) < 4.78 is 40.9. The lowest BCUT2D eigenvalue weighted by molar-refractivity contribution is -0.136. The minimum Gasteiger partial charge on any atom is -0.492 e. The van der Waals surface area contributed by atoms with Crippen molar-refractivity contribution in [2.45, 2.75) is 25.4 Å². The lowest BCUT2D eigenvalue weighted by Gasteiger charge is -2.07. The van der Waals surface area contributed by atoms with Gasteiger partial charge >= 0.3 is 6.18 Å². The topological polar surface area (TPSA) is 42.4 Å². The van der Waals surface area contributed by atoms with Gasteiger partial charge in [-0.15, -0.1) is 0 Å². The average Bonchev–Trinajstić information content (AvgIpc) is 2.35. The molecule has 0 unspecified atom stereocenters. The minimum atomic E-state index is -4.15. The second-order valence-electron chi connectivity index (χ2n) is 3.75. The predicted molar refractivity (Wildman–Crippen MR) is 63.6 cm³/mol. The molecule has 1 heterocycles. The molecular weight excluding hydrogens is 259 g/mol. The number of alkyl halides is 3. The van der Waals surface area contributed by atoms with E-state index in [0.717, 1.165) is 0 Å². The van der Waals surface area contributed by atoms with Crippen LogP contribution in [0.1, 0.15) is 24.8 Å². The van der Waals surface area contributed by atoms with Crippen molar-refractivity contribution in [1.82, 2.24) is 4.98 Å². The maximum Gasteiger partial charge on any atom is 0.389 e. The van der Waals surface area contributed by atoms with Crippen LogP contribution in [0.25, 0.3) is 0 Å². The van der Waals surface area contributed by atoms with Gasteiger partial charge in [0, 0.05) is 24.6 Å². The molecule has 0 bridgehead atoms. The summed E-state index contributed by atoms with van der Waals surface area (Å²) in [5, 5.41) is 8.57. The highest BCUT2D eigenvalue weighted by Crippen LogP contribution is 2.21. The molecule has 0 saturated heterocycles. The zero-order valence-electron chi connectivity index (χ0n) is 10.2. The number of aliphatic hydroxyl groups excluding tert-OH is 1. The Morgan fingerprint density at radius 2 is 2.11 bits per heavy atom. The van der Waals surface area contributed by atoms with Crippen LogP contribution in [-0.2, 0) is 0 Å². The number of hydrogen-bond acceptors (Lipinski definition) is 3. The second kappa shape index (κ2) is 7.64. The highest BCUT2D eigenvalue weighted by Gasteiger charge is 2.26. The predicted octanol–water partition coefficient (Wildman–Crippen LogP) is 2.54. The van der Waals surface area contributed by atoms with E-state index in [9.17, 15) is 13.2 Å². The van der Waals surface area contributed by atoms with Crippen LogP contribution in [0.3, 0.4) is 0 Å². The fourth-order valence-corrected chi connectivity index (χ4v) is 1.25. The third-order valence-electron chi connectivity index (χ3n) is 2.06. The largest absolute Gasteiger partial charge is 0.492 e. The summed E-state index contributed by atoms with van der Waals surface area (Å²) in [6, 6.07) is 1.60. The van der Waals surface area contributed by atoms with E-state index in [1.54, 1.807) is 6.07 Å². The molecule has 0 saturated carbocycles. The lowest BCUT2D eigenvalue weighted by Crippen LogP contribution is -2.09. The summed E-state index contributed by atoms with van der Waals surface area (Å²) in [5.41, 5.74) is 0.599. The summed E-state index contributed by atoms with van der Waals surface area (Å²) >= 11 is 0. The van der Waals surface area contributed by atoms with Crippen LogP contribution in [-0.4, -0.2) is 29.5 Å². The molecule has 104 valence electrons. The first-order valence-corrected chi connectivity index (χ1v) is 5.75. The van der Waals surface area contributed by atoms with Gasteiger partial charge in [-0.1, -0.05) is 11.8 Å². The van der Waals surface area contributed by atoms with Gasteiger partial charge in [0.05, 0.1) is 19.4 Å². The van der Waals surface area contributed by atoms with Gasteiger partial charge in [0.25, 0.3) is 0 Å². The van der Waals surface area contributed by atoms with Crippen molar-refractivity contribution in [3.05, 3.63) is 24.0 Å². The van der Waals surface area contributed by atoms with Crippen LogP contribution in [0.15, 0.2) is 18.5 Å². The molecule has 3 nitrogen and oxygen atoms in total. The van der Waals surface area contributed by atoms with Crippen molar-refractivity contribution in [1.29, 1.82) is 0 Å². The third kappa shape index (κ3) is 7.32. The summed E-state index contributed by atoms with van der Waals surface area (Å²) in [5.74, 6) is 5.88. The van der Waals surface area contributed by atoms with Gasteiger partial charge in [0.15, 0.2) is 0 Å². The Bertz CT molecular complexity index is 449. The molecule has 1 aromatic heterocycles. The average molecular weight is 273 g/mol. The highest BCUT2D eigenvalue weighted by molar-refractivity contribution is 5.36. The number of rotatable bonds is 5. The van der Waals surface area contributed by atoms with E-state index in [1.807, 2.05) is 0 Å². The quantitative estimate of drug-likeness (QED) is 0.662. The molecule has 19 heavy (non-hydrogen) atoms. The monoisotopic (exact) mass is 273 g/mol. The summed E-state index contributed by atoms with van der Waals surface area (Å²) in [6.07, 6.45) is -1.81. The van der Waals surface area contributed by atoms with Crippen molar-refractivity contribution in [2.24, 2.45) is 0 Å². The summed E-state index contributed by atoms with van der Waals surface area (Å²) in [7, 11) is 0. The van der Waals surface area contributed by atoms with E-state index in [-0.39, 0.29) is 19.6 Å². The summed E-state index contributed by atoms with van der Waals surface area (Å²) in [6.45, 7) is -0.0389. The van der Waals surface area contributed by atoms with Crippen molar-refractivity contribution in [3.63, 3.8) is 0 Å². The zero-order valence-corrected chi connectivity index (χ0v) is 10.2. The third-order valence-corrected chi connectivity index (χ3v) is 2.06. The van der Waals surface area contributed by atoms with Gasteiger partial charge in [-0.25, -0.2) is 0 Å². The molecule has 0 aliphatic rings. The van der Waals surface area contributed by atoms with Gasteiger partial charge in [0.1, 0.15) is 5.75 Å². The van der Waals surface area contributed by atoms with Crippen molar-refractivity contribution in [2.75, 3.05) is 13.2 Å². The van der Waals surface area contributed by atoms with Crippen LogP contribution >= 0.6 is 0 Å². The molecule has 1 aromatic rings. The number of aromatic nitrogens is 1. The number of aliphatic hydroxyl groups is 1. The highest BCUT2D eigenvalue weighted by atomic mass is 19.4. The molecule has 0 aliphatic carbocycles. The number of nitrogens with zero attached hydrogens (tertiary/aromatic N) is 1. The molecule has 0 amide bonds. The first-order chi connectivity index (χ1) is 9.01. The van der Waals surface area contributed by atoms with E-state index in [1.165, 1.54) is 12.4 Å². The van der Waals surface area contributed by atoms with E-state index in [2.05, 4.69) is 16.8 Å². The fraction of sp³-hybridized carbons (Fsp3) is 0.462. The Balaban J connectivity index is 2.43. The molecule has 0 atom stereocenters. The van der Waals surface area contributed by atoms with Crippen molar-refractivity contribution < 1.29 is 23.0 Å². The van der Waals surface area contributed by atoms with E-state index in [4.69, 9.17) is 9.84 Å². The molecule has 1 N–H and O–H groups in total. The molecule has 0 radical (unpaired) electrons. The number of ether oxygens (including phenoxy) is 1. The Kier molecular flexibility index (Phi) is 6.16. The molecule has 0 aliphatic heterocycles. The van der Waals surface area contributed by atoms with Crippen LogP contribution in [0.4, 0.5) is 13.2 Å². The van der Waals surface area contributed by atoms with Gasteiger partial charge < -0.3 is 9.84 Å². The Labute approximate surface area is 109 Å². The van der Waals surface area contributed by atoms with Crippen LogP contribution in [0.5, 0.6) is 5.75 Å². The molecule has 1 rings (SSSR count). The molecule has 0 spiro atoms. The minimum absolute atomic E-state index is 0.0191. The molecule has 0 fully saturated rings. The van der Waals surface area contributed by atoms with Gasteiger partial charge in [-0.2, -0.15) is 13.2 Å². The standard InChI is InChI=1S/C13H14F3NO2/c14-13(15,16)5-3-7-19-12-8-11(9-17-10-12)4-1-2-6-18/h8-10,18H,2-3,5-7H2. The van der Waals surface area contributed by atoms with Crippen molar-refractivity contribution in [3.8, 4) is 17.6 Å². The normalized spacial score (nSPS) is 10.7. The first kappa shape index (κ1) is 15.3. The zero-order chi connectivity index (χ0) is 14.1. The second-order valence-corrected chi connectivity index (χ2v) is 3.75. The molecule has 0 aromatic carbocycles. The smallest absolute Gasteiger partial charge is 0.389 e. The van der Waals surface area contributed by atoms with E-state index >= 15 is 0 Å². The SMILES string of the molecule is OCCC#Cc1cncc(OCCCC(F)(F)F)c1. The number of pyridine rings is 1. The van der Waals surface area contributed by atoms with Gasteiger partial charge in [0.2, 0.25) is 0 Å². The van der Waals surface area contributed by atoms with Crippen molar-refractivity contribution >= 4 is 0 Å². The van der Waals surface area contributed by atoms with Gasteiger partial charge in [-0.3, -0.25) is 4.98 Å². The number of hydrogen-bond donors (Lipinski definition) is 1.